The number of rotatable bonds is 5. The van der Waals surface area contributed by atoms with Gasteiger partial charge >= 0.3 is 0 Å². The van der Waals surface area contributed by atoms with E-state index in [1.165, 1.54) is 0 Å². The van der Waals surface area contributed by atoms with E-state index in [4.69, 9.17) is 0 Å². The molecule has 2 N–H and O–H groups in total. The molecule has 0 aromatic carbocycles. The minimum Gasteiger partial charge on any atom is -0.395 e. The van der Waals surface area contributed by atoms with Crippen molar-refractivity contribution in [3.63, 3.8) is 0 Å². The van der Waals surface area contributed by atoms with Gasteiger partial charge in [-0.2, -0.15) is 0 Å². The van der Waals surface area contributed by atoms with Crippen LogP contribution in [0, 0.1) is 0 Å². The number of aromatic amines is 1. The first-order chi connectivity index (χ1) is 10.1. The third kappa shape index (κ3) is 4.62. The number of aromatic nitrogens is 2. The van der Waals surface area contributed by atoms with Gasteiger partial charge in [0.15, 0.2) is 0 Å². The minimum absolute atomic E-state index is 0.0674. The molecule has 118 valence electrons. The zero-order valence-electron chi connectivity index (χ0n) is 13.0. The van der Waals surface area contributed by atoms with Crippen molar-refractivity contribution in [2.45, 2.75) is 39.3 Å². The second kappa shape index (κ2) is 7.68. The summed E-state index contributed by atoms with van der Waals surface area (Å²) >= 11 is 0. The van der Waals surface area contributed by atoms with E-state index in [0.717, 1.165) is 50.5 Å². The molecule has 2 heterocycles. The van der Waals surface area contributed by atoms with Gasteiger partial charge in [-0.05, 0) is 32.9 Å². The molecule has 21 heavy (non-hydrogen) atoms. The van der Waals surface area contributed by atoms with Gasteiger partial charge in [-0.15, -0.1) is 0 Å². The van der Waals surface area contributed by atoms with Crippen LogP contribution in [0.25, 0.3) is 0 Å². The molecule has 6 nitrogen and oxygen atoms in total. The molecular formula is C15H26N4O2. The van der Waals surface area contributed by atoms with Crippen molar-refractivity contribution in [3.8, 4) is 0 Å². The lowest BCUT2D eigenvalue weighted by atomic mass is 10.3. The van der Waals surface area contributed by atoms with Crippen molar-refractivity contribution >= 4 is 0 Å². The van der Waals surface area contributed by atoms with Crippen molar-refractivity contribution in [1.29, 1.82) is 0 Å². The van der Waals surface area contributed by atoms with Crippen LogP contribution in [0.15, 0.2) is 10.9 Å². The van der Waals surface area contributed by atoms with Crippen LogP contribution in [0.3, 0.4) is 0 Å². The van der Waals surface area contributed by atoms with Crippen molar-refractivity contribution in [2.24, 2.45) is 0 Å². The molecule has 1 aliphatic heterocycles. The predicted molar refractivity (Wildman–Crippen MR) is 82.3 cm³/mol. The fourth-order valence-corrected chi connectivity index (χ4v) is 2.74. The van der Waals surface area contributed by atoms with Gasteiger partial charge in [0, 0.05) is 30.9 Å². The zero-order chi connectivity index (χ0) is 15.2. The number of aliphatic hydroxyl groups is 1. The van der Waals surface area contributed by atoms with E-state index in [-0.39, 0.29) is 18.2 Å². The average molecular weight is 294 g/mol. The number of nitrogens with one attached hydrogen (secondary N) is 1. The topological polar surface area (TPSA) is 72.5 Å². The second-order valence-corrected chi connectivity index (χ2v) is 5.73. The fourth-order valence-electron chi connectivity index (χ4n) is 2.74. The van der Waals surface area contributed by atoms with Gasteiger partial charge < -0.3 is 10.1 Å². The van der Waals surface area contributed by atoms with E-state index < -0.39 is 0 Å². The van der Waals surface area contributed by atoms with Crippen molar-refractivity contribution in [2.75, 3.05) is 32.8 Å². The Kier molecular flexibility index (Phi) is 5.90. The molecule has 1 saturated heterocycles. The van der Waals surface area contributed by atoms with E-state index in [2.05, 4.69) is 26.7 Å². The van der Waals surface area contributed by atoms with Gasteiger partial charge in [0.1, 0.15) is 5.82 Å². The number of nitrogens with zero attached hydrogens (tertiary/aromatic N) is 3. The minimum atomic E-state index is -0.0674. The first kappa shape index (κ1) is 16.1. The molecule has 1 aliphatic rings. The van der Waals surface area contributed by atoms with E-state index in [0.29, 0.717) is 6.54 Å². The summed E-state index contributed by atoms with van der Waals surface area (Å²) in [6.45, 7) is 8.83. The normalized spacial score (nSPS) is 19.4. The maximum Gasteiger partial charge on any atom is 0.251 e. The Morgan fingerprint density at radius 1 is 1.38 bits per heavy atom. The van der Waals surface area contributed by atoms with Crippen LogP contribution in [-0.2, 0) is 13.0 Å². The molecule has 0 saturated carbocycles. The quantitative estimate of drug-likeness (QED) is 0.813. The molecule has 0 spiro atoms. The number of aryl methyl sites for hydroxylation is 1. The van der Waals surface area contributed by atoms with Crippen LogP contribution in [0.1, 0.15) is 31.8 Å². The summed E-state index contributed by atoms with van der Waals surface area (Å²) in [7, 11) is 0. The lowest BCUT2D eigenvalue weighted by Gasteiger charge is -2.26. The summed E-state index contributed by atoms with van der Waals surface area (Å²) in [6.07, 6.45) is 1.85. The van der Waals surface area contributed by atoms with Gasteiger partial charge in [0.25, 0.3) is 5.56 Å². The van der Waals surface area contributed by atoms with E-state index >= 15 is 0 Å². The SMILES string of the molecule is CCc1cc(=O)[nH]c(CN2CCCN(C(C)CO)CC2)n1. The molecule has 1 aromatic rings. The lowest BCUT2D eigenvalue weighted by molar-refractivity contribution is 0.136. The van der Waals surface area contributed by atoms with Crippen LogP contribution >= 0.6 is 0 Å². The molecule has 1 atom stereocenters. The van der Waals surface area contributed by atoms with Crippen LogP contribution in [-0.4, -0.2) is 63.7 Å². The molecule has 0 amide bonds. The molecule has 1 unspecified atom stereocenters. The number of hydrogen-bond donors (Lipinski definition) is 2. The summed E-state index contributed by atoms with van der Waals surface area (Å²) < 4.78 is 0. The Balaban J connectivity index is 1.97. The monoisotopic (exact) mass is 294 g/mol. The highest BCUT2D eigenvalue weighted by Gasteiger charge is 2.19. The van der Waals surface area contributed by atoms with Gasteiger partial charge in [0.2, 0.25) is 0 Å². The van der Waals surface area contributed by atoms with Gasteiger partial charge in [-0.25, -0.2) is 4.98 Å². The number of hydrogen-bond acceptors (Lipinski definition) is 5. The first-order valence-corrected chi connectivity index (χ1v) is 7.78. The maximum atomic E-state index is 11.6. The highest BCUT2D eigenvalue weighted by molar-refractivity contribution is 5.02. The van der Waals surface area contributed by atoms with Crippen LogP contribution in [0.4, 0.5) is 0 Å². The average Bonchev–Trinajstić information content (AvgIpc) is 2.71. The molecule has 6 heteroatoms. The Labute approximate surface area is 125 Å². The summed E-state index contributed by atoms with van der Waals surface area (Å²) in [5.74, 6) is 0.753. The predicted octanol–water partition coefficient (Wildman–Crippen LogP) is 0.221. The lowest BCUT2D eigenvalue weighted by Crippen LogP contribution is -2.38. The molecule has 0 bridgehead atoms. The van der Waals surface area contributed by atoms with E-state index in [9.17, 15) is 9.90 Å². The molecule has 0 aliphatic carbocycles. The van der Waals surface area contributed by atoms with Gasteiger partial charge in [-0.3, -0.25) is 14.6 Å². The van der Waals surface area contributed by atoms with Gasteiger partial charge in [0.05, 0.1) is 13.2 Å². The smallest absolute Gasteiger partial charge is 0.251 e. The maximum absolute atomic E-state index is 11.6. The number of aliphatic hydroxyl groups excluding tert-OH is 1. The first-order valence-electron chi connectivity index (χ1n) is 7.78. The largest absolute Gasteiger partial charge is 0.395 e. The molecule has 1 fully saturated rings. The summed E-state index contributed by atoms with van der Waals surface area (Å²) in [6, 6.07) is 1.78. The van der Waals surface area contributed by atoms with Crippen molar-refractivity contribution in [3.05, 3.63) is 27.9 Å². The van der Waals surface area contributed by atoms with Crippen molar-refractivity contribution in [1.82, 2.24) is 19.8 Å². The molecule has 2 rings (SSSR count). The fraction of sp³-hybridized carbons (Fsp3) is 0.733. The zero-order valence-corrected chi connectivity index (χ0v) is 13.0. The molecule has 1 aromatic heterocycles. The summed E-state index contributed by atoms with van der Waals surface area (Å²) in [4.78, 5) is 23.6. The summed E-state index contributed by atoms with van der Waals surface area (Å²) in [5.41, 5.74) is 0.779. The van der Waals surface area contributed by atoms with Crippen LogP contribution in [0.2, 0.25) is 0 Å². The molecular weight excluding hydrogens is 268 g/mol. The van der Waals surface area contributed by atoms with E-state index in [1.54, 1.807) is 6.07 Å². The Morgan fingerprint density at radius 2 is 2.19 bits per heavy atom. The van der Waals surface area contributed by atoms with Crippen LogP contribution < -0.4 is 5.56 Å². The molecule has 0 radical (unpaired) electrons. The van der Waals surface area contributed by atoms with E-state index in [1.807, 2.05) is 6.92 Å². The van der Waals surface area contributed by atoms with Crippen LogP contribution in [0.5, 0.6) is 0 Å². The highest BCUT2D eigenvalue weighted by atomic mass is 16.3. The Bertz CT molecular complexity index is 503. The summed E-state index contributed by atoms with van der Waals surface area (Å²) in [5, 5.41) is 9.26. The standard InChI is InChI=1S/C15H26N4O2/c1-3-13-9-15(21)17-14(16-13)10-18-5-4-6-19(8-7-18)12(2)11-20/h9,12,20H,3-8,10-11H2,1-2H3,(H,16,17,21). The Morgan fingerprint density at radius 3 is 2.90 bits per heavy atom. The third-order valence-electron chi connectivity index (χ3n) is 4.09. The van der Waals surface area contributed by atoms with Crippen molar-refractivity contribution < 1.29 is 5.11 Å². The number of H-pyrrole nitrogens is 1. The highest BCUT2D eigenvalue weighted by Crippen LogP contribution is 2.09. The second-order valence-electron chi connectivity index (χ2n) is 5.73. The van der Waals surface area contributed by atoms with Gasteiger partial charge in [-0.1, -0.05) is 6.92 Å². The Hall–Kier alpha value is -1.24. The third-order valence-corrected chi connectivity index (χ3v) is 4.09.